The van der Waals surface area contributed by atoms with E-state index in [1.54, 1.807) is 31.4 Å². The molecule has 0 bridgehead atoms. The van der Waals surface area contributed by atoms with Crippen LogP contribution in [-0.4, -0.2) is 26.8 Å². The Morgan fingerprint density at radius 3 is 2.75 bits per heavy atom. The first kappa shape index (κ1) is 16.4. The van der Waals surface area contributed by atoms with Crippen LogP contribution in [0.25, 0.3) is 6.08 Å². The first-order valence-electron chi connectivity index (χ1n) is 7.16. The highest BCUT2D eigenvalue weighted by Crippen LogP contribution is 2.40. The highest BCUT2D eigenvalue weighted by atomic mass is 79.9. The molecule has 1 heterocycles. The lowest BCUT2D eigenvalue weighted by Gasteiger charge is -2.08. The number of carbonyl (C=O) groups excluding carboxylic acids is 1. The zero-order chi connectivity index (χ0) is 17.1. The summed E-state index contributed by atoms with van der Waals surface area (Å²) in [5.74, 6) is 2.26. The van der Waals surface area contributed by atoms with Crippen molar-refractivity contribution in [2.45, 2.75) is 0 Å². The lowest BCUT2D eigenvalue weighted by molar-refractivity contribution is 0.104. The Hall–Kier alpha value is -2.47. The average Bonchev–Trinajstić information content (AvgIpc) is 3.08. The fourth-order valence-corrected chi connectivity index (χ4v) is 2.92. The first-order chi connectivity index (χ1) is 11.6. The summed E-state index contributed by atoms with van der Waals surface area (Å²) in [7, 11) is 3.08. The fourth-order valence-electron chi connectivity index (χ4n) is 2.35. The standard InChI is InChI=1S/C18H15BrO5/c1-21-12-4-5-13(16(9-12)22-2)15(20)6-3-11-7-14(19)18-17(8-11)23-10-24-18/h3-9H,10H2,1-2H3/b6-3+. The molecular weight excluding hydrogens is 376 g/mol. The summed E-state index contributed by atoms with van der Waals surface area (Å²) in [6, 6.07) is 8.77. The van der Waals surface area contributed by atoms with Gasteiger partial charge in [-0.2, -0.15) is 0 Å². The molecular formula is C18H15BrO5. The molecule has 2 aromatic rings. The Morgan fingerprint density at radius 2 is 2.00 bits per heavy atom. The predicted octanol–water partition coefficient (Wildman–Crippen LogP) is 4.09. The molecule has 0 aliphatic carbocycles. The molecule has 5 nitrogen and oxygen atoms in total. The van der Waals surface area contributed by atoms with Gasteiger partial charge in [0.1, 0.15) is 11.5 Å². The number of hydrogen-bond donors (Lipinski definition) is 0. The summed E-state index contributed by atoms with van der Waals surface area (Å²) < 4.78 is 21.9. The van der Waals surface area contributed by atoms with Crippen LogP contribution in [0.4, 0.5) is 0 Å². The van der Waals surface area contributed by atoms with E-state index in [4.69, 9.17) is 18.9 Å². The van der Waals surface area contributed by atoms with Gasteiger partial charge in [0.25, 0.3) is 0 Å². The van der Waals surface area contributed by atoms with Gasteiger partial charge < -0.3 is 18.9 Å². The summed E-state index contributed by atoms with van der Waals surface area (Å²) in [5, 5.41) is 0. The van der Waals surface area contributed by atoms with Crippen molar-refractivity contribution < 1.29 is 23.7 Å². The molecule has 3 rings (SSSR count). The van der Waals surface area contributed by atoms with Crippen LogP contribution < -0.4 is 18.9 Å². The number of hydrogen-bond acceptors (Lipinski definition) is 5. The minimum Gasteiger partial charge on any atom is -0.497 e. The maximum absolute atomic E-state index is 12.4. The van der Waals surface area contributed by atoms with Gasteiger partial charge >= 0.3 is 0 Å². The second-order valence-corrected chi connectivity index (χ2v) is 5.85. The lowest BCUT2D eigenvalue weighted by Crippen LogP contribution is -1.99. The molecule has 0 radical (unpaired) electrons. The van der Waals surface area contributed by atoms with Crippen molar-refractivity contribution in [2.24, 2.45) is 0 Å². The van der Waals surface area contributed by atoms with Crippen LogP contribution in [0.2, 0.25) is 0 Å². The van der Waals surface area contributed by atoms with Gasteiger partial charge in [-0.1, -0.05) is 6.08 Å². The van der Waals surface area contributed by atoms with Crippen molar-refractivity contribution in [3.63, 3.8) is 0 Å². The van der Waals surface area contributed by atoms with Gasteiger partial charge in [0.15, 0.2) is 17.3 Å². The van der Waals surface area contributed by atoms with E-state index in [0.717, 1.165) is 10.0 Å². The topological polar surface area (TPSA) is 54.0 Å². The minimum absolute atomic E-state index is 0.164. The molecule has 24 heavy (non-hydrogen) atoms. The van der Waals surface area contributed by atoms with Crippen molar-refractivity contribution in [2.75, 3.05) is 21.0 Å². The third-order valence-electron chi connectivity index (χ3n) is 3.55. The van der Waals surface area contributed by atoms with Crippen molar-refractivity contribution in [1.29, 1.82) is 0 Å². The molecule has 0 saturated carbocycles. The Kier molecular flexibility index (Phi) is 4.76. The molecule has 6 heteroatoms. The summed E-state index contributed by atoms with van der Waals surface area (Å²) >= 11 is 3.43. The van der Waals surface area contributed by atoms with Gasteiger partial charge in [-0.05, 0) is 51.8 Å². The molecule has 0 unspecified atom stereocenters. The molecule has 2 aromatic carbocycles. The highest BCUT2D eigenvalue weighted by molar-refractivity contribution is 9.10. The van der Waals surface area contributed by atoms with Gasteiger partial charge in [-0.15, -0.1) is 0 Å². The van der Waals surface area contributed by atoms with Crippen LogP contribution in [0.15, 0.2) is 40.9 Å². The second-order valence-electron chi connectivity index (χ2n) is 5.00. The number of ketones is 1. The summed E-state index contributed by atoms with van der Waals surface area (Å²) in [4.78, 5) is 12.4. The third kappa shape index (κ3) is 3.23. The number of halogens is 1. The monoisotopic (exact) mass is 390 g/mol. The number of methoxy groups -OCH3 is 2. The SMILES string of the molecule is COc1ccc(C(=O)/C=C/c2cc(Br)c3c(c2)OCO3)c(OC)c1. The third-order valence-corrected chi connectivity index (χ3v) is 4.14. The van der Waals surface area contributed by atoms with Gasteiger partial charge in [0.05, 0.1) is 24.3 Å². The summed E-state index contributed by atoms with van der Waals surface area (Å²) in [6.07, 6.45) is 3.22. The maximum atomic E-state index is 12.4. The van der Waals surface area contributed by atoms with E-state index in [9.17, 15) is 4.79 Å². The minimum atomic E-state index is -0.164. The van der Waals surface area contributed by atoms with Gasteiger partial charge in [0.2, 0.25) is 6.79 Å². The Balaban J connectivity index is 1.85. The average molecular weight is 391 g/mol. The van der Waals surface area contributed by atoms with E-state index < -0.39 is 0 Å². The van der Waals surface area contributed by atoms with Crippen LogP contribution in [0.5, 0.6) is 23.0 Å². The Bertz CT molecular complexity index is 813. The fraction of sp³-hybridized carbons (Fsp3) is 0.167. The molecule has 0 saturated heterocycles. The van der Waals surface area contributed by atoms with E-state index >= 15 is 0 Å². The number of carbonyl (C=O) groups is 1. The number of allylic oxidation sites excluding steroid dienone is 1. The smallest absolute Gasteiger partial charge is 0.231 e. The highest BCUT2D eigenvalue weighted by Gasteiger charge is 2.17. The van der Waals surface area contributed by atoms with Crippen molar-refractivity contribution in [1.82, 2.24) is 0 Å². The number of rotatable bonds is 5. The Labute approximate surface area is 147 Å². The Morgan fingerprint density at radius 1 is 1.17 bits per heavy atom. The van der Waals surface area contributed by atoms with E-state index in [0.29, 0.717) is 28.6 Å². The van der Waals surface area contributed by atoms with Crippen LogP contribution in [-0.2, 0) is 0 Å². The molecule has 0 aromatic heterocycles. The molecule has 1 aliphatic rings. The van der Waals surface area contributed by atoms with Crippen LogP contribution >= 0.6 is 15.9 Å². The van der Waals surface area contributed by atoms with E-state index in [1.807, 2.05) is 12.1 Å². The van der Waals surface area contributed by atoms with Crippen LogP contribution in [0, 0.1) is 0 Å². The molecule has 0 amide bonds. The summed E-state index contributed by atoms with van der Waals surface area (Å²) in [6.45, 7) is 0.197. The predicted molar refractivity (Wildman–Crippen MR) is 93.2 cm³/mol. The zero-order valence-electron chi connectivity index (χ0n) is 13.2. The van der Waals surface area contributed by atoms with Crippen LogP contribution in [0.1, 0.15) is 15.9 Å². The van der Waals surface area contributed by atoms with E-state index in [1.165, 1.54) is 13.2 Å². The quantitative estimate of drug-likeness (QED) is 0.568. The van der Waals surface area contributed by atoms with E-state index in [-0.39, 0.29) is 12.6 Å². The summed E-state index contributed by atoms with van der Waals surface area (Å²) in [5.41, 5.74) is 1.29. The lowest BCUT2D eigenvalue weighted by atomic mass is 10.1. The number of fused-ring (bicyclic) bond motifs is 1. The molecule has 0 spiro atoms. The second kappa shape index (κ2) is 6.97. The number of ether oxygens (including phenoxy) is 4. The molecule has 124 valence electrons. The zero-order valence-corrected chi connectivity index (χ0v) is 14.8. The van der Waals surface area contributed by atoms with Crippen LogP contribution in [0.3, 0.4) is 0 Å². The molecule has 0 N–H and O–H groups in total. The van der Waals surface area contributed by atoms with Crippen molar-refractivity contribution >= 4 is 27.8 Å². The molecule has 0 fully saturated rings. The van der Waals surface area contributed by atoms with Crippen molar-refractivity contribution in [3.8, 4) is 23.0 Å². The van der Waals surface area contributed by atoms with Gasteiger partial charge in [-0.3, -0.25) is 4.79 Å². The molecule has 1 aliphatic heterocycles. The van der Waals surface area contributed by atoms with Crippen molar-refractivity contribution in [3.05, 3.63) is 52.0 Å². The van der Waals surface area contributed by atoms with Gasteiger partial charge in [-0.25, -0.2) is 0 Å². The largest absolute Gasteiger partial charge is 0.497 e. The normalized spacial score (nSPS) is 12.5. The van der Waals surface area contributed by atoms with Gasteiger partial charge in [0, 0.05) is 6.07 Å². The maximum Gasteiger partial charge on any atom is 0.231 e. The number of benzene rings is 2. The first-order valence-corrected chi connectivity index (χ1v) is 7.95. The molecule has 0 atom stereocenters. The van der Waals surface area contributed by atoms with E-state index in [2.05, 4.69) is 15.9 Å².